The molecule has 0 atom stereocenters. The molecule has 4 rings (SSSR count). The van der Waals surface area contributed by atoms with Crippen LogP contribution in [0.15, 0.2) is 54.6 Å². The van der Waals surface area contributed by atoms with Crippen molar-refractivity contribution < 1.29 is 28.6 Å². The number of rotatable bonds is 3. The number of fused-ring (bicyclic) bond motifs is 3. The van der Waals surface area contributed by atoms with E-state index in [0.717, 1.165) is 0 Å². The molecule has 0 heterocycles. The molecule has 0 aliphatic heterocycles. The second-order valence-corrected chi connectivity index (χ2v) is 7.51. The van der Waals surface area contributed by atoms with Gasteiger partial charge in [0.15, 0.2) is 0 Å². The lowest BCUT2D eigenvalue weighted by atomic mass is 9.98. The van der Waals surface area contributed by atoms with Gasteiger partial charge in [-0.3, -0.25) is 0 Å². The summed E-state index contributed by atoms with van der Waals surface area (Å²) >= 11 is 0. The summed E-state index contributed by atoms with van der Waals surface area (Å²) in [6.07, 6.45) is 0. The Morgan fingerprint density at radius 1 is 0.444 bits per heavy atom. The molecule has 1 aliphatic carbocycles. The summed E-state index contributed by atoms with van der Waals surface area (Å²) in [5, 5.41) is 0. The first-order chi connectivity index (χ1) is 17.4. The van der Waals surface area contributed by atoms with Crippen molar-refractivity contribution >= 4 is 17.9 Å². The molecule has 0 saturated heterocycles. The van der Waals surface area contributed by atoms with Gasteiger partial charge in [0.25, 0.3) is 0 Å². The summed E-state index contributed by atoms with van der Waals surface area (Å²) in [5.41, 5.74) is 4.23. The fourth-order valence-electron chi connectivity index (χ4n) is 3.41. The zero-order chi connectivity index (χ0) is 25.7. The molecule has 1 aliphatic rings. The highest BCUT2D eigenvalue weighted by Crippen LogP contribution is 2.17. The standard InChI is InChI=1S/C30H18O6/c1-34-28(31)25-13-7-19-5-11-23-17-27(30(33)36-3)15-9-21(23)6-12-24-18-26(29(32)35-2)14-8-20(24)4-10-22(19)16-25/h7-9,13-18H,1-3H3. The fraction of sp³-hybridized carbons (Fsp3) is 0.100. The number of carbonyl (C=O) groups excluding carboxylic acids is 3. The van der Waals surface area contributed by atoms with E-state index in [2.05, 4.69) is 35.5 Å². The predicted octanol–water partition coefficient (Wildman–Crippen LogP) is 3.56. The molecule has 0 bridgehead atoms. The molecular formula is C30H18O6. The number of ether oxygens (including phenoxy) is 3. The molecule has 3 aromatic rings. The Balaban J connectivity index is 2.00. The van der Waals surface area contributed by atoms with Gasteiger partial charge in [0.1, 0.15) is 0 Å². The number of esters is 3. The molecule has 3 aromatic carbocycles. The van der Waals surface area contributed by atoms with E-state index in [0.29, 0.717) is 50.1 Å². The van der Waals surface area contributed by atoms with E-state index in [4.69, 9.17) is 14.2 Å². The maximum Gasteiger partial charge on any atom is 0.337 e. The number of carbonyl (C=O) groups is 3. The second-order valence-electron chi connectivity index (χ2n) is 7.51. The van der Waals surface area contributed by atoms with E-state index in [-0.39, 0.29) is 0 Å². The van der Waals surface area contributed by atoms with Crippen molar-refractivity contribution in [2.75, 3.05) is 21.3 Å². The third-order valence-electron chi connectivity index (χ3n) is 5.32. The van der Waals surface area contributed by atoms with Gasteiger partial charge < -0.3 is 14.2 Å². The van der Waals surface area contributed by atoms with Crippen molar-refractivity contribution in [1.29, 1.82) is 0 Å². The first-order valence-corrected chi connectivity index (χ1v) is 10.7. The summed E-state index contributed by atoms with van der Waals surface area (Å²) in [6.45, 7) is 0. The first kappa shape index (κ1) is 23.9. The van der Waals surface area contributed by atoms with Gasteiger partial charge in [0.2, 0.25) is 0 Å². The van der Waals surface area contributed by atoms with Crippen LogP contribution in [0.5, 0.6) is 0 Å². The number of hydrogen-bond acceptors (Lipinski definition) is 6. The van der Waals surface area contributed by atoms with Crippen molar-refractivity contribution in [1.82, 2.24) is 0 Å². The molecule has 174 valence electrons. The zero-order valence-corrected chi connectivity index (χ0v) is 19.6. The van der Waals surface area contributed by atoms with Crippen LogP contribution < -0.4 is 0 Å². The van der Waals surface area contributed by atoms with Crippen LogP contribution in [0.25, 0.3) is 0 Å². The molecule has 0 saturated carbocycles. The van der Waals surface area contributed by atoms with Crippen LogP contribution in [0.4, 0.5) is 0 Å². The largest absolute Gasteiger partial charge is 0.465 e. The smallest absolute Gasteiger partial charge is 0.337 e. The minimum absolute atomic E-state index is 0.328. The molecule has 0 amide bonds. The van der Waals surface area contributed by atoms with Crippen LogP contribution in [0, 0.1) is 35.5 Å². The van der Waals surface area contributed by atoms with E-state index in [1.165, 1.54) is 21.3 Å². The molecule has 6 heteroatoms. The van der Waals surface area contributed by atoms with E-state index >= 15 is 0 Å². The SMILES string of the molecule is COC(=O)c1ccc2c(c1)C#Cc1ccc(C(=O)OC)cc1C#Cc1ccc(C(=O)OC)cc1C#C2. The average Bonchev–Trinajstić information content (AvgIpc) is 2.92. The highest BCUT2D eigenvalue weighted by atomic mass is 16.5. The minimum Gasteiger partial charge on any atom is -0.465 e. The van der Waals surface area contributed by atoms with Gasteiger partial charge in [-0.25, -0.2) is 14.4 Å². The lowest BCUT2D eigenvalue weighted by Gasteiger charge is -2.05. The lowest BCUT2D eigenvalue weighted by molar-refractivity contribution is 0.0592. The molecule has 0 spiro atoms. The molecule has 0 aromatic heterocycles. The van der Waals surface area contributed by atoms with Gasteiger partial charge in [-0.2, -0.15) is 0 Å². The Morgan fingerprint density at radius 2 is 0.694 bits per heavy atom. The third kappa shape index (κ3) is 4.97. The number of hydrogen-bond donors (Lipinski definition) is 0. The first-order valence-electron chi connectivity index (χ1n) is 10.7. The summed E-state index contributed by atoms with van der Waals surface area (Å²) in [5.74, 6) is 16.9. The monoisotopic (exact) mass is 474 g/mol. The summed E-state index contributed by atoms with van der Waals surface area (Å²) in [4.78, 5) is 36.3. The third-order valence-corrected chi connectivity index (χ3v) is 5.32. The molecule has 0 unspecified atom stereocenters. The highest BCUT2D eigenvalue weighted by molar-refractivity contribution is 5.91. The summed E-state index contributed by atoms with van der Waals surface area (Å²) in [6, 6.07) is 14.7. The quantitative estimate of drug-likeness (QED) is 0.257. The van der Waals surface area contributed by atoms with E-state index in [1.54, 1.807) is 54.6 Å². The number of benzene rings is 3. The number of methoxy groups -OCH3 is 3. The lowest BCUT2D eigenvalue weighted by Crippen LogP contribution is -2.03. The van der Waals surface area contributed by atoms with Crippen LogP contribution in [-0.2, 0) is 14.2 Å². The van der Waals surface area contributed by atoms with Crippen LogP contribution in [-0.4, -0.2) is 39.2 Å². The zero-order valence-electron chi connectivity index (χ0n) is 19.6. The Bertz CT molecular complexity index is 1420. The van der Waals surface area contributed by atoms with Crippen LogP contribution in [0.2, 0.25) is 0 Å². The molecule has 6 nitrogen and oxygen atoms in total. The van der Waals surface area contributed by atoms with E-state index < -0.39 is 17.9 Å². The highest BCUT2D eigenvalue weighted by Gasteiger charge is 2.12. The maximum absolute atomic E-state index is 12.1. The van der Waals surface area contributed by atoms with Gasteiger partial charge in [0, 0.05) is 33.4 Å². The molecule has 0 N–H and O–H groups in total. The Hall–Kier alpha value is -5.25. The van der Waals surface area contributed by atoms with Gasteiger partial charge in [0.05, 0.1) is 38.0 Å². The maximum atomic E-state index is 12.1. The Kier molecular flexibility index (Phi) is 6.87. The van der Waals surface area contributed by atoms with Crippen molar-refractivity contribution in [2.45, 2.75) is 0 Å². The van der Waals surface area contributed by atoms with Crippen LogP contribution >= 0.6 is 0 Å². The molecular weight excluding hydrogens is 456 g/mol. The van der Waals surface area contributed by atoms with Crippen molar-refractivity contribution in [2.24, 2.45) is 0 Å². The van der Waals surface area contributed by atoms with Crippen molar-refractivity contribution in [3.05, 3.63) is 105 Å². The van der Waals surface area contributed by atoms with E-state index in [1.807, 2.05) is 0 Å². The normalized spacial score (nSPS) is 10.4. The average molecular weight is 474 g/mol. The van der Waals surface area contributed by atoms with Crippen molar-refractivity contribution in [3.63, 3.8) is 0 Å². The van der Waals surface area contributed by atoms with Gasteiger partial charge in [-0.05, 0) is 54.6 Å². The van der Waals surface area contributed by atoms with Gasteiger partial charge in [-0.15, -0.1) is 0 Å². The summed E-state index contributed by atoms with van der Waals surface area (Å²) in [7, 11) is 3.91. The van der Waals surface area contributed by atoms with Gasteiger partial charge in [-0.1, -0.05) is 35.5 Å². The Labute approximate surface area is 208 Å². The van der Waals surface area contributed by atoms with Gasteiger partial charge >= 0.3 is 17.9 Å². The minimum atomic E-state index is -0.499. The van der Waals surface area contributed by atoms with Crippen LogP contribution in [0.3, 0.4) is 0 Å². The summed E-state index contributed by atoms with van der Waals surface area (Å²) < 4.78 is 14.5. The molecule has 0 fully saturated rings. The molecule has 0 radical (unpaired) electrons. The molecule has 36 heavy (non-hydrogen) atoms. The van der Waals surface area contributed by atoms with Crippen LogP contribution in [0.1, 0.15) is 64.5 Å². The van der Waals surface area contributed by atoms with E-state index in [9.17, 15) is 14.4 Å². The van der Waals surface area contributed by atoms with Crippen molar-refractivity contribution in [3.8, 4) is 35.5 Å². The Morgan fingerprint density at radius 3 is 0.944 bits per heavy atom. The predicted molar refractivity (Wildman–Crippen MR) is 131 cm³/mol. The second kappa shape index (κ2) is 10.3. The topological polar surface area (TPSA) is 78.9 Å². The fourth-order valence-corrected chi connectivity index (χ4v) is 3.41.